The molecule has 1 saturated heterocycles. The maximum Gasteiger partial charge on any atom is 0.251 e. The van der Waals surface area contributed by atoms with E-state index in [1.807, 2.05) is 24.3 Å². The number of benzene rings is 2. The number of aromatic nitrogens is 2. The Morgan fingerprint density at radius 1 is 1.07 bits per heavy atom. The third-order valence-corrected chi connectivity index (χ3v) is 6.80. The molecule has 1 fully saturated rings. The number of aromatic amines is 1. The smallest absolute Gasteiger partial charge is 0.251 e. The number of nitrogens with one attached hydrogen (secondary N) is 2. The molecule has 1 amide bonds. The molecular formula is C20H22N4O3S. The molecule has 1 aromatic heterocycles. The largest absolute Gasteiger partial charge is 0.345 e. The van der Waals surface area contributed by atoms with Crippen molar-refractivity contribution in [2.24, 2.45) is 0 Å². The topological polar surface area (TPSA) is 95.2 Å². The third kappa shape index (κ3) is 3.79. The lowest BCUT2D eigenvalue weighted by Gasteiger charge is -2.26. The number of rotatable bonds is 5. The molecule has 8 heteroatoms. The van der Waals surface area contributed by atoms with E-state index in [1.54, 1.807) is 18.2 Å². The van der Waals surface area contributed by atoms with Gasteiger partial charge in [0, 0.05) is 18.7 Å². The van der Waals surface area contributed by atoms with Crippen molar-refractivity contribution in [1.82, 2.24) is 19.6 Å². The van der Waals surface area contributed by atoms with Gasteiger partial charge in [-0.15, -0.1) is 0 Å². The molecule has 0 bridgehead atoms. The first-order valence-electron chi connectivity index (χ1n) is 9.36. The van der Waals surface area contributed by atoms with Crippen molar-refractivity contribution in [2.45, 2.75) is 30.7 Å². The number of carbonyl (C=O) groups is 1. The van der Waals surface area contributed by atoms with Gasteiger partial charge in [-0.05, 0) is 43.2 Å². The van der Waals surface area contributed by atoms with E-state index >= 15 is 0 Å². The van der Waals surface area contributed by atoms with E-state index in [0.717, 1.165) is 30.3 Å². The fourth-order valence-electron chi connectivity index (χ4n) is 3.41. The molecule has 0 unspecified atom stereocenters. The van der Waals surface area contributed by atoms with E-state index in [9.17, 15) is 13.2 Å². The normalized spacial score (nSPS) is 15.6. The number of piperidine rings is 1. The molecular weight excluding hydrogens is 376 g/mol. The maximum absolute atomic E-state index is 12.8. The van der Waals surface area contributed by atoms with Gasteiger partial charge >= 0.3 is 0 Å². The molecule has 1 aliphatic heterocycles. The lowest BCUT2D eigenvalue weighted by Crippen LogP contribution is -2.35. The average molecular weight is 398 g/mol. The number of nitrogens with zero attached hydrogens (tertiary/aromatic N) is 2. The van der Waals surface area contributed by atoms with Crippen molar-refractivity contribution in [1.29, 1.82) is 0 Å². The van der Waals surface area contributed by atoms with Gasteiger partial charge in [0.1, 0.15) is 5.82 Å². The van der Waals surface area contributed by atoms with Gasteiger partial charge in [-0.25, -0.2) is 13.4 Å². The summed E-state index contributed by atoms with van der Waals surface area (Å²) in [5.41, 5.74) is 2.05. The van der Waals surface area contributed by atoms with E-state index in [4.69, 9.17) is 0 Å². The summed E-state index contributed by atoms with van der Waals surface area (Å²) in [4.78, 5) is 20.3. The maximum atomic E-state index is 12.8. The Hall–Kier alpha value is -2.71. The minimum Gasteiger partial charge on any atom is -0.345 e. The molecule has 0 atom stereocenters. The number of hydrogen-bond acceptors (Lipinski definition) is 4. The highest BCUT2D eigenvalue weighted by Gasteiger charge is 2.26. The third-order valence-electron chi connectivity index (χ3n) is 4.90. The molecule has 4 rings (SSSR count). The highest BCUT2D eigenvalue weighted by molar-refractivity contribution is 7.89. The Kier molecular flexibility index (Phi) is 5.15. The number of sulfonamides is 1. The van der Waals surface area contributed by atoms with Crippen molar-refractivity contribution >= 4 is 27.0 Å². The quantitative estimate of drug-likeness (QED) is 0.691. The van der Waals surface area contributed by atoms with Crippen molar-refractivity contribution < 1.29 is 13.2 Å². The molecule has 0 saturated carbocycles. The Bertz CT molecular complexity index is 1070. The van der Waals surface area contributed by atoms with Gasteiger partial charge in [-0.1, -0.05) is 24.6 Å². The molecule has 2 heterocycles. The average Bonchev–Trinajstić information content (AvgIpc) is 3.16. The van der Waals surface area contributed by atoms with Crippen LogP contribution in [0.1, 0.15) is 35.4 Å². The van der Waals surface area contributed by atoms with Crippen LogP contribution in [0.25, 0.3) is 11.0 Å². The fourth-order valence-corrected chi connectivity index (χ4v) is 4.97. The first-order chi connectivity index (χ1) is 13.5. The predicted octanol–water partition coefficient (Wildman–Crippen LogP) is 2.67. The summed E-state index contributed by atoms with van der Waals surface area (Å²) in [7, 11) is -3.57. The summed E-state index contributed by atoms with van der Waals surface area (Å²) in [5.74, 6) is 0.308. The summed E-state index contributed by atoms with van der Waals surface area (Å²) in [6, 6.07) is 13.8. The number of hydrogen-bond donors (Lipinski definition) is 2. The van der Waals surface area contributed by atoms with Crippen LogP contribution in [0.15, 0.2) is 53.4 Å². The molecule has 1 aliphatic rings. The van der Waals surface area contributed by atoms with Crippen molar-refractivity contribution in [3.63, 3.8) is 0 Å². The zero-order valence-corrected chi connectivity index (χ0v) is 16.2. The Morgan fingerprint density at radius 3 is 2.64 bits per heavy atom. The first kappa shape index (κ1) is 18.6. The van der Waals surface area contributed by atoms with Crippen molar-refractivity contribution in [2.75, 3.05) is 13.1 Å². The van der Waals surface area contributed by atoms with Crippen LogP contribution >= 0.6 is 0 Å². The van der Waals surface area contributed by atoms with Crippen LogP contribution in [0.3, 0.4) is 0 Å². The predicted molar refractivity (Wildman–Crippen MR) is 106 cm³/mol. The molecule has 3 aromatic rings. The second-order valence-corrected chi connectivity index (χ2v) is 8.81. The number of H-pyrrole nitrogens is 1. The lowest BCUT2D eigenvalue weighted by molar-refractivity contribution is 0.0949. The number of para-hydroxylation sites is 2. The molecule has 7 nitrogen and oxygen atoms in total. The van der Waals surface area contributed by atoms with E-state index in [0.29, 0.717) is 24.5 Å². The minimum atomic E-state index is -3.57. The van der Waals surface area contributed by atoms with Gasteiger partial charge < -0.3 is 10.3 Å². The van der Waals surface area contributed by atoms with E-state index in [-0.39, 0.29) is 17.3 Å². The number of fused-ring (bicyclic) bond motifs is 1. The number of amides is 1. The lowest BCUT2D eigenvalue weighted by atomic mass is 10.2. The number of imidazole rings is 1. The van der Waals surface area contributed by atoms with Crippen LogP contribution in [-0.2, 0) is 16.6 Å². The van der Waals surface area contributed by atoms with E-state index in [2.05, 4.69) is 15.3 Å². The van der Waals surface area contributed by atoms with Crippen LogP contribution < -0.4 is 5.32 Å². The summed E-state index contributed by atoms with van der Waals surface area (Å²) >= 11 is 0. The zero-order valence-electron chi connectivity index (χ0n) is 15.4. The fraction of sp³-hybridized carbons (Fsp3) is 0.300. The molecule has 28 heavy (non-hydrogen) atoms. The van der Waals surface area contributed by atoms with E-state index in [1.165, 1.54) is 10.4 Å². The summed E-state index contributed by atoms with van der Waals surface area (Å²) in [6.45, 7) is 1.30. The molecule has 2 aromatic carbocycles. The molecule has 146 valence electrons. The van der Waals surface area contributed by atoms with Crippen LogP contribution in [0.2, 0.25) is 0 Å². The Balaban J connectivity index is 1.48. The second kappa shape index (κ2) is 7.73. The van der Waals surface area contributed by atoms with Gasteiger partial charge in [0.15, 0.2) is 0 Å². The van der Waals surface area contributed by atoms with Crippen LogP contribution in [0.4, 0.5) is 0 Å². The van der Waals surface area contributed by atoms with Crippen LogP contribution in [0, 0.1) is 0 Å². The van der Waals surface area contributed by atoms with Crippen LogP contribution in [-0.4, -0.2) is 41.7 Å². The highest BCUT2D eigenvalue weighted by atomic mass is 32.2. The molecule has 2 N–H and O–H groups in total. The second-order valence-electron chi connectivity index (χ2n) is 6.88. The van der Waals surface area contributed by atoms with Crippen LogP contribution in [0.5, 0.6) is 0 Å². The summed E-state index contributed by atoms with van der Waals surface area (Å²) < 4.78 is 27.1. The Morgan fingerprint density at radius 2 is 1.86 bits per heavy atom. The van der Waals surface area contributed by atoms with Gasteiger partial charge in [0.2, 0.25) is 10.0 Å². The van der Waals surface area contributed by atoms with Crippen molar-refractivity contribution in [3.8, 4) is 0 Å². The number of carbonyl (C=O) groups excluding carboxylic acids is 1. The van der Waals surface area contributed by atoms with Gasteiger partial charge in [-0.2, -0.15) is 4.31 Å². The minimum absolute atomic E-state index is 0.158. The van der Waals surface area contributed by atoms with Gasteiger partial charge in [-0.3, -0.25) is 4.79 Å². The SMILES string of the molecule is O=C(NCc1nc2ccccc2[nH]1)c1cccc(S(=O)(=O)N2CCCCC2)c1. The van der Waals surface area contributed by atoms with E-state index < -0.39 is 10.0 Å². The highest BCUT2D eigenvalue weighted by Crippen LogP contribution is 2.21. The first-order valence-corrected chi connectivity index (χ1v) is 10.8. The summed E-state index contributed by atoms with van der Waals surface area (Å²) in [5, 5.41) is 2.79. The summed E-state index contributed by atoms with van der Waals surface area (Å²) in [6.07, 6.45) is 2.80. The molecule has 0 spiro atoms. The van der Waals surface area contributed by atoms with Gasteiger partial charge in [0.05, 0.1) is 22.5 Å². The molecule has 0 radical (unpaired) electrons. The Labute approximate surface area is 163 Å². The van der Waals surface area contributed by atoms with Gasteiger partial charge in [0.25, 0.3) is 5.91 Å². The monoisotopic (exact) mass is 398 g/mol. The molecule has 0 aliphatic carbocycles. The standard InChI is InChI=1S/C20H22N4O3S/c25-20(21-14-19-22-17-9-2-3-10-18(17)23-19)15-7-6-8-16(13-15)28(26,27)24-11-4-1-5-12-24/h2-3,6-10,13H,1,4-5,11-12,14H2,(H,21,25)(H,22,23). The zero-order chi connectivity index (χ0) is 19.6. The van der Waals surface area contributed by atoms with Crippen molar-refractivity contribution in [3.05, 3.63) is 59.9 Å².